The lowest BCUT2D eigenvalue weighted by molar-refractivity contribution is -0.129. The number of amides is 2. The van der Waals surface area contributed by atoms with Gasteiger partial charge in [0.2, 0.25) is 11.8 Å². The van der Waals surface area contributed by atoms with Gasteiger partial charge in [-0.15, -0.1) is 0 Å². The van der Waals surface area contributed by atoms with Crippen molar-refractivity contribution in [3.05, 3.63) is 65.4 Å². The summed E-state index contributed by atoms with van der Waals surface area (Å²) in [7, 11) is 1.64. The summed E-state index contributed by atoms with van der Waals surface area (Å²) in [5.74, 6) is 0.534. The molecule has 1 aliphatic rings. The van der Waals surface area contributed by atoms with E-state index in [2.05, 4.69) is 48.0 Å². The van der Waals surface area contributed by atoms with Gasteiger partial charge in [0.15, 0.2) is 0 Å². The fourth-order valence-electron chi connectivity index (χ4n) is 4.51. The molecule has 0 aliphatic carbocycles. The lowest BCUT2D eigenvalue weighted by Crippen LogP contribution is -2.33. The summed E-state index contributed by atoms with van der Waals surface area (Å²) < 4.78 is 7.42. The molecule has 1 unspecified atom stereocenters. The first-order chi connectivity index (χ1) is 15.5. The average Bonchev–Trinajstić information content (AvgIpc) is 3.35. The third-order valence-corrected chi connectivity index (χ3v) is 6.32. The van der Waals surface area contributed by atoms with E-state index in [9.17, 15) is 9.59 Å². The maximum atomic E-state index is 12.8. The minimum absolute atomic E-state index is 0.0469. The Morgan fingerprint density at radius 1 is 1.16 bits per heavy atom. The van der Waals surface area contributed by atoms with Gasteiger partial charge in [0.05, 0.1) is 19.6 Å². The van der Waals surface area contributed by atoms with E-state index in [1.807, 2.05) is 24.3 Å². The molecule has 2 amide bonds. The Bertz CT molecular complexity index is 1120. The number of fused-ring (bicyclic) bond motifs is 1. The van der Waals surface area contributed by atoms with Crippen LogP contribution in [0.25, 0.3) is 10.9 Å². The summed E-state index contributed by atoms with van der Waals surface area (Å²) in [5, 5.41) is 4.26. The number of likely N-dealkylation sites (tertiary alicyclic amines) is 1. The molecule has 3 aromatic rings. The van der Waals surface area contributed by atoms with Gasteiger partial charge in [-0.3, -0.25) is 9.59 Å². The Kier molecular flexibility index (Phi) is 6.49. The van der Waals surface area contributed by atoms with Gasteiger partial charge < -0.3 is 19.5 Å². The van der Waals surface area contributed by atoms with Crippen LogP contribution in [0, 0.1) is 12.8 Å². The second kappa shape index (κ2) is 9.47. The van der Waals surface area contributed by atoms with Gasteiger partial charge in [-0.1, -0.05) is 23.8 Å². The highest BCUT2D eigenvalue weighted by atomic mass is 16.5. The standard InChI is InChI=1S/C26H31N3O3/c1-4-29-22(14-20-13-18(2)5-10-24(20)29)16-27-26(31)21-15-25(30)28(17-21)12-11-19-6-8-23(32-3)9-7-19/h5-10,13-14,21H,4,11-12,15-17H2,1-3H3,(H,27,31). The van der Waals surface area contributed by atoms with Gasteiger partial charge in [0, 0.05) is 42.7 Å². The minimum atomic E-state index is -0.292. The molecule has 6 nitrogen and oxygen atoms in total. The number of ether oxygens (including phenoxy) is 1. The van der Waals surface area contributed by atoms with E-state index in [4.69, 9.17) is 4.74 Å². The van der Waals surface area contributed by atoms with Crippen LogP contribution >= 0.6 is 0 Å². The van der Waals surface area contributed by atoms with E-state index in [1.165, 1.54) is 16.5 Å². The molecule has 1 aliphatic heterocycles. The molecule has 0 spiro atoms. The third-order valence-electron chi connectivity index (χ3n) is 6.32. The first-order valence-electron chi connectivity index (χ1n) is 11.3. The normalized spacial score (nSPS) is 16.0. The molecule has 168 valence electrons. The molecular weight excluding hydrogens is 402 g/mol. The largest absolute Gasteiger partial charge is 0.497 e. The smallest absolute Gasteiger partial charge is 0.225 e. The Labute approximate surface area is 189 Å². The monoisotopic (exact) mass is 433 g/mol. The summed E-state index contributed by atoms with van der Waals surface area (Å²) in [6, 6.07) is 16.4. The highest BCUT2D eigenvalue weighted by molar-refractivity contribution is 5.89. The van der Waals surface area contributed by atoms with Crippen LogP contribution < -0.4 is 10.1 Å². The number of hydrogen-bond acceptors (Lipinski definition) is 3. The van der Waals surface area contributed by atoms with Crippen LogP contribution in [-0.2, 0) is 29.1 Å². The predicted octanol–water partition coefficient (Wildman–Crippen LogP) is 3.69. The molecule has 4 rings (SSSR count). The number of carbonyl (C=O) groups excluding carboxylic acids is 2. The van der Waals surface area contributed by atoms with Gasteiger partial charge in [0.1, 0.15) is 5.75 Å². The molecule has 1 saturated heterocycles. The first-order valence-corrected chi connectivity index (χ1v) is 11.3. The van der Waals surface area contributed by atoms with Crippen molar-refractivity contribution in [2.24, 2.45) is 5.92 Å². The molecule has 1 fully saturated rings. The number of rotatable bonds is 8. The van der Waals surface area contributed by atoms with E-state index >= 15 is 0 Å². The van der Waals surface area contributed by atoms with Crippen molar-refractivity contribution in [3.8, 4) is 5.75 Å². The molecule has 1 N–H and O–H groups in total. The Hall–Kier alpha value is -3.28. The Morgan fingerprint density at radius 3 is 2.66 bits per heavy atom. The SMILES string of the molecule is CCn1c(CNC(=O)C2CC(=O)N(CCc3ccc(OC)cc3)C2)cc2cc(C)ccc21. The van der Waals surface area contributed by atoms with Crippen LogP contribution in [0.2, 0.25) is 0 Å². The summed E-state index contributed by atoms with van der Waals surface area (Å²) in [4.78, 5) is 27.1. The molecule has 0 bridgehead atoms. The maximum Gasteiger partial charge on any atom is 0.225 e. The molecule has 1 atom stereocenters. The van der Waals surface area contributed by atoms with Crippen LogP contribution in [0.15, 0.2) is 48.5 Å². The van der Waals surface area contributed by atoms with E-state index in [0.29, 0.717) is 19.6 Å². The van der Waals surface area contributed by atoms with Crippen molar-refractivity contribution < 1.29 is 14.3 Å². The second-order valence-electron chi connectivity index (χ2n) is 8.50. The van der Waals surface area contributed by atoms with Gasteiger partial charge in [-0.05, 0) is 56.2 Å². The third kappa shape index (κ3) is 4.64. The lowest BCUT2D eigenvalue weighted by atomic mass is 10.1. The van der Waals surface area contributed by atoms with E-state index < -0.39 is 0 Å². The predicted molar refractivity (Wildman–Crippen MR) is 126 cm³/mol. The summed E-state index contributed by atoms with van der Waals surface area (Å²) in [5.41, 5.74) is 4.64. The minimum Gasteiger partial charge on any atom is -0.497 e. The van der Waals surface area contributed by atoms with Crippen LogP contribution in [0.1, 0.15) is 30.2 Å². The van der Waals surface area contributed by atoms with Gasteiger partial charge >= 0.3 is 0 Å². The molecule has 2 heterocycles. The Balaban J connectivity index is 1.33. The first kappa shape index (κ1) is 21.9. The topological polar surface area (TPSA) is 63.6 Å². The number of nitrogens with zero attached hydrogens (tertiary/aromatic N) is 2. The average molecular weight is 434 g/mol. The van der Waals surface area contributed by atoms with Crippen LogP contribution in [0.4, 0.5) is 0 Å². The zero-order valence-corrected chi connectivity index (χ0v) is 19.1. The summed E-state index contributed by atoms with van der Waals surface area (Å²) in [6.07, 6.45) is 1.05. The quantitative estimate of drug-likeness (QED) is 0.589. The molecule has 0 radical (unpaired) electrons. The summed E-state index contributed by atoms with van der Waals surface area (Å²) >= 11 is 0. The van der Waals surface area contributed by atoms with E-state index in [1.54, 1.807) is 12.0 Å². The number of methoxy groups -OCH3 is 1. The highest BCUT2D eigenvalue weighted by Crippen LogP contribution is 2.23. The zero-order chi connectivity index (χ0) is 22.7. The number of nitrogens with one attached hydrogen (secondary N) is 1. The second-order valence-corrected chi connectivity index (χ2v) is 8.50. The molecule has 0 saturated carbocycles. The summed E-state index contributed by atoms with van der Waals surface area (Å²) in [6.45, 7) is 6.62. The number of aromatic nitrogens is 1. The molecule has 6 heteroatoms. The molecule has 2 aromatic carbocycles. The van der Waals surface area contributed by atoms with Crippen LogP contribution in [-0.4, -0.2) is 41.5 Å². The van der Waals surface area contributed by atoms with Crippen molar-refractivity contribution >= 4 is 22.7 Å². The van der Waals surface area contributed by atoms with E-state index in [-0.39, 0.29) is 24.2 Å². The van der Waals surface area contributed by atoms with Crippen molar-refractivity contribution in [2.45, 2.75) is 39.8 Å². The fourth-order valence-corrected chi connectivity index (χ4v) is 4.51. The van der Waals surface area contributed by atoms with Crippen molar-refractivity contribution in [2.75, 3.05) is 20.2 Å². The fraction of sp³-hybridized carbons (Fsp3) is 0.385. The van der Waals surface area contributed by atoms with Gasteiger partial charge in [-0.2, -0.15) is 0 Å². The Morgan fingerprint density at radius 2 is 1.94 bits per heavy atom. The van der Waals surface area contributed by atoms with Gasteiger partial charge in [-0.25, -0.2) is 0 Å². The van der Waals surface area contributed by atoms with Crippen molar-refractivity contribution in [1.82, 2.24) is 14.8 Å². The maximum absolute atomic E-state index is 12.8. The molecule has 1 aromatic heterocycles. The number of benzene rings is 2. The highest BCUT2D eigenvalue weighted by Gasteiger charge is 2.33. The van der Waals surface area contributed by atoms with Crippen molar-refractivity contribution in [1.29, 1.82) is 0 Å². The lowest BCUT2D eigenvalue weighted by Gasteiger charge is -2.17. The van der Waals surface area contributed by atoms with Crippen molar-refractivity contribution in [3.63, 3.8) is 0 Å². The molecule has 32 heavy (non-hydrogen) atoms. The van der Waals surface area contributed by atoms with Crippen LogP contribution in [0.3, 0.4) is 0 Å². The number of hydrogen-bond donors (Lipinski definition) is 1. The number of carbonyl (C=O) groups is 2. The molecular formula is C26H31N3O3. The van der Waals surface area contributed by atoms with Crippen LogP contribution in [0.5, 0.6) is 5.75 Å². The number of aryl methyl sites for hydroxylation is 2. The van der Waals surface area contributed by atoms with Gasteiger partial charge in [0.25, 0.3) is 0 Å². The van der Waals surface area contributed by atoms with E-state index in [0.717, 1.165) is 30.0 Å². The zero-order valence-electron chi connectivity index (χ0n) is 19.1.